The molecule has 0 bridgehead atoms. The van der Waals surface area contributed by atoms with Crippen LogP contribution in [0.4, 0.5) is 11.4 Å². The molecule has 0 saturated carbocycles. The predicted molar refractivity (Wildman–Crippen MR) is 105 cm³/mol. The summed E-state index contributed by atoms with van der Waals surface area (Å²) in [5, 5.41) is 0. The van der Waals surface area contributed by atoms with Crippen LogP contribution < -0.4 is 9.64 Å². The lowest BCUT2D eigenvalue weighted by Gasteiger charge is -2.37. The van der Waals surface area contributed by atoms with Crippen LogP contribution in [0.15, 0.2) is 52.3 Å². The summed E-state index contributed by atoms with van der Waals surface area (Å²) in [6, 6.07) is 15.9. The Morgan fingerprint density at radius 2 is 1.92 bits per heavy atom. The molecule has 4 heteroatoms. The Labute approximate surface area is 155 Å². The molecule has 0 radical (unpaired) electrons. The number of hydrogen-bond donors (Lipinski definition) is 0. The Kier molecular flexibility index (Phi) is 4.91. The van der Waals surface area contributed by atoms with E-state index < -0.39 is 0 Å². The lowest BCUT2D eigenvalue weighted by Crippen LogP contribution is -2.38. The van der Waals surface area contributed by atoms with E-state index in [0.717, 1.165) is 12.3 Å². The zero-order chi connectivity index (χ0) is 17.2. The second-order valence-electron chi connectivity index (χ2n) is 6.97. The Balaban J connectivity index is 1.63. The maximum Gasteiger partial charge on any atom is 0.121 e. The molecule has 2 heterocycles. The largest absolute Gasteiger partial charge is 0.497 e. The average Bonchev–Trinajstić information content (AvgIpc) is 2.66. The molecule has 1 atom stereocenters. The highest BCUT2D eigenvalue weighted by molar-refractivity contribution is 7.99. The third-order valence-electron chi connectivity index (χ3n) is 5.44. The van der Waals surface area contributed by atoms with E-state index in [1.165, 1.54) is 53.4 Å². The number of anilines is 2. The summed E-state index contributed by atoms with van der Waals surface area (Å²) in [4.78, 5) is 7.70. The van der Waals surface area contributed by atoms with Gasteiger partial charge in [0.05, 0.1) is 18.5 Å². The van der Waals surface area contributed by atoms with E-state index in [1.54, 1.807) is 7.11 Å². The molecule has 2 aromatic rings. The van der Waals surface area contributed by atoms with Crippen LogP contribution in [-0.2, 0) is 0 Å². The first-order valence-electron chi connectivity index (χ1n) is 9.19. The summed E-state index contributed by atoms with van der Waals surface area (Å²) < 4.78 is 5.48. The number of methoxy groups -OCH3 is 1. The fourth-order valence-electron chi connectivity index (χ4n) is 3.96. The first kappa shape index (κ1) is 16.8. The summed E-state index contributed by atoms with van der Waals surface area (Å²) in [6.07, 6.45) is 5.24. The molecule has 0 spiro atoms. The van der Waals surface area contributed by atoms with Crippen molar-refractivity contribution in [3.05, 3.63) is 42.5 Å². The van der Waals surface area contributed by atoms with Crippen LogP contribution in [0.25, 0.3) is 0 Å². The lowest BCUT2D eigenvalue weighted by atomic mass is 9.99. The molecule has 2 aliphatic rings. The quantitative estimate of drug-likeness (QED) is 0.752. The van der Waals surface area contributed by atoms with Gasteiger partial charge in [-0.15, -0.1) is 0 Å². The van der Waals surface area contributed by atoms with Crippen molar-refractivity contribution in [2.75, 3.05) is 32.1 Å². The van der Waals surface area contributed by atoms with Gasteiger partial charge in [-0.1, -0.05) is 30.3 Å². The van der Waals surface area contributed by atoms with E-state index in [0.29, 0.717) is 6.04 Å². The van der Waals surface area contributed by atoms with Gasteiger partial charge in [0, 0.05) is 28.4 Å². The normalized spacial score (nSPS) is 20.1. The van der Waals surface area contributed by atoms with Crippen LogP contribution in [0.2, 0.25) is 0 Å². The van der Waals surface area contributed by atoms with Gasteiger partial charge >= 0.3 is 0 Å². The molecule has 2 aliphatic heterocycles. The molecule has 25 heavy (non-hydrogen) atoms. The molecule has 2 aromatic carbocycles. The van der Waals surface area contributed by atoms with Crippen molar-refractivity contribution in [3.63, 3.8) is 0 Å². The van der Waals surface area contributed by atoms with Gasteiger partial charge in [-0.3, -0.25) is 0 Å². The van der Waals surface area contributed by atoms with E-state index in [4.69, 9.17) is 4.74 Å². The first-order chi connectivity index (χ1) is 12.3. The monoisotopic (exact) mass is 354 g/mol. The van der Waals surface area contributed by atoms with Crippen molar-refractivity contribution in [2.24, 2.45) is 0 Å². The number of ether oxygens (including phenoxy) is 1. The van der Waals surface area contributed by atoms with Crippen molar-refractivity contribution >= 4 is 23.1 Å². The number of hydrogen-bond acceptors (Lipinski definition) is 4. The van der Waals surface area contributed by atoms with Crippen LogP contribution in [0.3, 0.4) is 0 Å². The fourth-order valence-corrected chi connectivity index (χ4v) is 5.04. The maximum atomic E-state index is 5.48. The Morgan fingerprint density at radius 3 is 2.76 bits per heavy atom. The fraction of sp³-hybridized carbons (Fsp3) is 0.429. The van der Waals surface area contributed by atoms with Gasteiger partial charge in [-0.05, 0) is 57.1 Å². The minimum absolute atomic E-state index is 0.699. The van der Waals surface area contributed by atoms with Gasteiger partial charge in [0.2, 0.25) is 0 Å². The molecule has 1 saturated heterocycles. The Hall–Kier alpha value is -1.65. The lowest BCUT2D eigenvalue weighted by molar-refractivity contribution is 0.178. The molecule has 0 aliphatic carbocycles. The van der Waals surface area contributed by atoms with Crippen LogP contribution in [0.1, 0.15) is 25.7 Å². The zero-order valence-corrected chi connectivity index (χ0v) is 15.9. The number of benzene rings is 2. The highest BCUT2D eigenvalue weighted by atomic mass is 32.2. The van der Waals surface area contributed by atoms with Gasteiger partial charge in [-0.2, -0.15) is 0 Å². The van der Waals surface area contributed by atoms with Crippen LogP contribution >= 0.6 is 11.8 Å². The second kappa shape index (κ2) is 7.30. The summed E-state index contributed by atoms with van der Waals surface area (Å²) in [5.41, 5.74) is 2.60. The molecular formula is C21H26N2OS. The number of likely N-dealkylation sites (tertiary alicyclic amines) is 1. The second-order valence-corrected chi connectivity index (χ2v) is 8.06. The molecule has 1 unspecified atom stereocenters. The highest BCUT2D eigenvalue weighted by Crippen LogP contribution is 2.49. The topological polar surface area (TPSA) is 15.7 Å². The van der Waals surface area contributed by atoms with Crippen molar-refractivity contribution in [1.82, 2.24) is 4.90 Å². The Morgan fingerprint density at radius 1 is 1.08 bits per heavy atom. The summed E-state index contributed by atoms with van der Waals surface area (Å²) in [6.45, 7) is 2.29. The molecule has 1 fully saturated rings. The van der Waals surface area contributed by atoms with Crippen molar-refractivity contribution in [1.29, 1.82) is 0 Å². The van der Waals surface area contributed by atoms with Crippen LogP contribution in [0.5, 0.6) is 5.75 Å². The Bertz CT molecular complexity index is 748. The molecule has 4 rings (SSSR count). The number of para-hydroxylation sites is 1. The van der Waals surface area contributed by atoms with Crippen molar-refractivity contribution in [2.45, 2.75) is 41.5 Å². The van der Waals surface area contributed by atoms with Crippen molar-refractivity contribution in [3.8, 4) is 5.75 Å². The minimum Gasteiger partial charge on any atom is -0.497 e. The van der Waals surface area contributed by atoms with E-state index >= 15 is 0 Å². The molecule has 0 N–H and O–H groups in total. The minimum atomic E-state index is 0.699. The third-order valence-corrected chi connectivity index (χ3v) is 6.57. The number of nitrogens with zero attached hydrogens (tertiary/aromatic N) is 2. The first-order valence-corrected chi connectivity index (χ1v) is 10.0. The molecule has 0 aromatic heterocycles. The number of rotatable bonds is 4. The molecule has 0 amide bonds. The van der Waals surface area contributed by atoms with Gasteiger partial charge < -0.3 is 14.5 Å². The smallest absolute Gasteiger partial charge is 0.121 e. The molecule has 3 nitrogen and oxygen atoms in total. The summed E-state index contributed by atoms with van der Waals surface area (Å²) in [7, 11) is 4.02. The van der Waals surface area contributed by atoms with Gasteiger partial charge in [0.15, 0.2) is 0 Å². The van der Waals surface area contributed by atoms with E-state index in [-0.39, 0.29) is 0 Å². The SMILES string of the molecule is COc1ccc2c(c1)N(CCC1CCCCN1C)c1ccccc1S2. The third kappa shape index (κ3) is 3.38. The zero-order valence-electron chi connectivity index (χ0n) is 15.1. The maximum absolute atomic E-state index is 5.48. The average molecular weight is 355 g/mol. The summed E-state index contributed by atoms with van der Waals surface area (Å²) in [5.74, 6) is 0.929. The van der Waals surface area contributed by atoms with E-state index in [9.17, 15) is 0 Å². The predicted octanol–water partition coefficient (Wildman–Crippen LogP) is 5.17. The number of piperidine rings is 1. The van der Waals surface area contributed by atoms with E-state index in [2.05, 4.69) is 59.3 Å². The highest BCUT2D eigenvalue weighted by Gasteiger charge is 2.26. The van der Waals surface area contributed by atoms with Crippen LogP contribution in [0, 0.1) is 0 Å². The number of fused-ring (bicyclic) bond motifs is 2. The molecule has 132 valence electrons. The summed E-state index contributed by atoms with van der Waals surface area (Å²) >= 11 is 1.86. The van der Waals surface area contributed by atoms with Crippen molar-refractivity contribution < 1.29 is 4.74 Å². The van der Waals surface area contributed by atoms with Gasteiger partial charge in [-0.25, -0.2) is 0 Å². The van der Waals surface area contributed by atoms with Gasteiger partial charge in [0.1, 0.15) is 5.75 Å². The standard InChI is InChI=1S/C21H26N2OS/c1-22-13-6-5-7-16(22)12-14-23-18-8-3-4-9-20(18)25-21-11-10-17(24-2)15-19(21)23/h3-4,8-11,15-16H,5-7,12-14H2,1-2H3. The van der Waals surface area contributed by atoms with Gasteiger partial charge in [0.25, 0.3) is 0 Å². The molecular weight excluding hydrogens is 328 g/mol. The van der Waals surface area contributed by atoms with E-state index in [1.807, 2.05) is 11.8 Å². The van der Waals surface area contributed by atoms with Crippen LogP contribution in [-0.4, -0.2) is 38.2 Å².